The Balaban J connectivity index is 2.49. The molecular formula is C14H27N3O. The van der Waals surface area contributed by atoms with Crippen LogP contribution in [-0.4, -0.2) is 16.7 Å². The Kier molecular flexibility index (Phi) is 4.91. The summed E-state index contributed by atoms with van der Waals surface area (Å²) in [5, 5.41) is 4.04. The third-order valence-electron chi connectivity index (χ3n) is 3.04. The van der Waals surface area contributed by atoms with Crippen LogP contribution >= 0.6 is 0 Å². The maximum atomic E-state index is 5.61. The highest BCUT2D eigenvalue weighted by atomic mass is 16.5. The summed E-state index contributed by atoms with van der Waals surface area (Å²) in [6.45, 7) is 11.7. The summed E-state index contributed by atoms with van der Waals surface area (Å²) >= 11 is 0. The minimum Gasteiger partial charge on any atom is -0.339 e. The van der Waals surface area contributed by atoms with Gasteiger partial charge >= 0.3 is 0 Å². The molecule has 18 heavy (non-hydrogen) atoms. The first-order valence-electron chi connectivity index (χ1n) is 6.73. The van der Waals surface area contributed by atoms with E-state index >= 15 is 0 Å². The molecule has 1 aromatic heterocycles. The highest BCUT2D eigenvalue weighted by Crippen LogP contribution is 2.26. The Bertz CT molecular complexity index is 363. The zero-order valence-corrected chi connectivity index (χ0v) is 12.4. The van der Waals surface area contributed by atoms with Crippen molar-refractivity contribution in [2.45, 2.75) is 60.3 Å². The van der Waals surface area contributed by atoms with E-state index in [2.05, 4.69) is 44.8 Å². The SMILES string of the molecule is CC(C)(C)Cc1noc(CCC(C)(C)CCN)n1. The van der Waals surface area contributed by atoms with Gasteiger partial charge in [-0.15, -0.1) is 0 Å². The molecule has 1 rings (SSSR count). The quantitative estimate of drug-likeness (QED) is 0.846. The summed E-state index contributed by atoms with van der Waals surface area (Å²) in [7, 11) is 0. The fraction of sp³-hybridized carbons (Fsp3) is 0.857. The van der Waals surface area contributed by atoms with E-state index in [1.807, 2.05) is 0 Å². The maximum Gasteiger partial charge on any atom is 0.226 e. The number of nitrogens with zero attached hydrogens (tertiary/aromatic N) is 2. The predicted molar refractivity (Wildman–Crippen MR) is 73.2 cm³/mol. The number of rotatable bonds is 6. The van der Waals surface area contributed by atoms with E-state index < -0.39 is 0 Å². The van der Waals surface area contributed by atoms with Crippen molar-refractivity contribution in [2.75, 3.05) is 6.54 Å². The molecule has 0 bridgehead atoms. The fourth-order valence-electron chi connectivity index (χ4n) is 1.90. The molecular weight excluding hydrogens is 226 g/mol. The number of hydrogen-bond donors (Lipinski definition) is 1. The van der Waals surface area contributed by atoms with Gasteiger partial charge in [0, 0.05) is 12.8 Å². The molecule has 2 N–H and O–H groups in total. The summed E-state index contributed by atoms with van der Waals surface area (Å²) in [5.74, 6) is 1.56. The molecule has 0 saturated carbocycles. The van der Waals surface area contributed by atoms with Gasteiger partial charge < -0.3 is 10.3 Å². The van der Waals surface area contributed by atoms with E-state index in [0.717, 1.165) is 43.9 Å². The van der Waals surface area contributed by atoms with E-state index in [0.29, 0.717) is 0 Å². The molecule has 0 saturated heterocycles. The van der Waals surface area contributed by atoms with E-state index in [-0.39, 0.29) is 10.8 Å². The van der Waals surface area contributed by atoms with Crippen molar-refractivity contribution in [2.24, 2.45) is 16.6 Å². The summed E-state index contributed by atoms with van der Waals surface area (Å²) < 4.78 is 5.29. The smallest absolute Gasteiger partial charge is 0.226 e. The lowest BCUT2D eigenvalue weighted by Crippen LogP contribution is -2.18. The zero-order valence-electron chi connectivity index (χ0n) is 12.4. The van der Waals surface area contributed by atoms with Crippen LogP contribution in [0.5, 0.6) is 0 Å². The van der Waals surface area contributed by atoms with Gasteiger partial charge in [-0.05, 0) is 30.2 Å². The summed E-state index contributed by atoms with van der Waals surface area (Å²) in [6.07, 6.45) is 3.74. The monoisotopic (exact) mass is 253 g/mol. The second-order valence-electron chi connectivity index (χ2n) is 7.04. The predicted octanol–water partition coefficient (Wildman–Crippen LogP) is 2.97. The Morgan fingerprint density at radius 3 is 2.33 bits per heavy atom. The van der Waals surface area contributed by atoms with Gasteiger partial charge in [-0.3, -0.25) is 0 Å². The van der Waals surface area contributed by atoms with Gasteiger partial charge in [0.05, 0.1) is 0 Å². The van der Waals surface area contributed by atoms with Crippen molar-refractivity contribution in [3.63, 3.8) is 0 Å². The lowest BCUT2D eigenvalue weighted by Gasteiger charge is -2.22. The second-order valence-corrected chi connectivity index (χ2v) is 7.04. The molecule has 0 unspecified atom stereocenters. The normalized spacial score (nSPS) is 13.0. The second kappa shape index (κ2) is 5.83. The van der Waals surface area contributed by atoms with Crippen molar-refractivity contribution in [3.8, 4) is 0 Å². The molecule has 1 heterocycles. The van der Waals surface area contributed by atoms with Gasteiger partial charge in [0.2, 0.25) is 5.89 Å². The molecule has 104 valence electrons. The van der Waals surface area contributed by atoms with Gasteiger partial charge in [-0.1, -0.05) is 39.8 Å². The van der Waals surface area contributed by atoms with Crippen LogP contribution in [0.1, 0.15) is 59.2 Å². The van der Waals surface area contributed by atoms with Crippen molar-refractivity contribution in [1.29, 1.82) is 0 Å². The molecule has 0 fully saturated rings. The molecule has 0 amide bonds. The van der Waals surface area contributed by atoms with Gasteiger partial charge in [0.15, 0.2) is 5.82 Å². The van der Waals surface area contributed by atoms with Gasteiger partial charge in [0.25, 0.3) is 0 Å². The van der Waals surface area contributed by atoms with Crippen LogP contribution in [0.15, 0.2) is 4.52 Å². The van der Waals surface area contributed by atoms with Gasteiger partial charge in [-0.25, -0.2) is 0 Å². The third-order valence-corrected chi connectivity index (χ3v) is 3.04. The van der Waals surface area contributed by atoms with Crippen molar-refractivity contribution < 1.29 is 4.52 Å². The topological polar surface area (TPSA) is 64.9 Å². The highest BCUT2D eigenvalue weighted by Gasteiger charge is 2.20. The number of aromatic nitrogens is 2. The summed E-state index contributed by atoms with van der Waals surface area (Å²) in [6, 6.07) is 0. The zero-order chi connectivity index (χ0) is 13.8. The van der Waals surface area contributed by atoms with Gasteiger partial charge in [0.1, 0.15) is 0 Å². The van der Waals surface area contributed by atoms with E-state index in [1.165, 1.54) is 0 Å². The molecule has 0 aromatic carbocycles. The first kappa shape index (κ1) is 15.2. The van der Waals surface area contributed by atoms with Crippen LogP contribution in [0, 0.1) is 10.8 Å². The molecule has 4 nitrogen and oxygen atoms in total. The van der Waals surface area contributed by atoms with Crippen molar-refractivity contribution >= 4 is 0 Å². The van der Waals surface area contributed by atoms with Crippen LogP contribution in [0.3, 0.4) is 0 Å². The lowest BCUT2D eigenvalue weighted by molar-refractivity contribution is 0.288. The molecule has 0 spiro atoms. The Hall–Kier alpha value is -0.900. The van der Waals surface area contributed by atoms with E-state index in [4.69, 9.17) is 10.3 Å². The molecule has 0 aliphatic carbocycles. The minimum absolute atomic E-state index is 0.194. The number of aryl methyl sites for hydroxylation is 1. The van der Waals surface area contributed by atoms with Crippen LogP contribution in [0.2, 0.25) is 0 Å². The Labute approximate surface area is 110 Å². The van der Waals surface area contributed by atoms with Gasteiger partial charge in [-0.2, -0.15) is 4.98 Å². The van der Waals surface area contributed by atoms with Crippen LogP contribution < -0.4 is 5.73 Å². The lowest BCUT2D eigenvalue weighted by atomic mass is 9.84. The number of hydrogen-bond acceptors (Lipinski definition) is 4. The average molecular weight is 253 g/mol. The largest absolute Gasteiger partial charge is 0.339 e. The molecule has 4 heteroatoms. The molecule has 0 radical (unpaired) electrons. The van der Waals surface area contributed by atoms with E-state index in [9.17, 15) is 0 Å². The van der Waals surface area contributed by atoms with Crippen molar-refractivity contribution in [1.82, 2.24) is 10.1 Å². The molecule has 0 atom stereocenters. The molecule has 0 aliphatic rings. The number of nitrogens with two attached hydrogens (primary N) is 1. The first-order chi connectivity index (χ1) is 8.22. The van der Waals surface area contributed by atoms with Crippen molar-refractivity contribution in [3.05, 3.63) is 11.7 Å². The first-order valence-corrected chi connectivity index (χ1v) is 6.73. The van der Waals surface area contributed by atoms with Crippen LogP contribution in [0.4, 0.5) is 0 Å². The Morgan fingerprint density at radius 2 is 1.78 bits per heavy atom. The minimum atomic E-state index is 0.194. The average Bonchev–Trinajstić information content (AvgIpc) is 2.60. The fourth-order valence-corrected chi connectivity index (χ4v) is 1.90. The van der Waals surface area contributed by atoms with Crippen LogP contribution in [0.25, 0.3) is 0 Å². The van der Waals surface area contributed by atoms with E-state index in [1.54, 1.807) is 0 Å². The summed E-state index contributed by atoms with van der Waals surface area (Å²) in [4.78, 5) is 4.45. The van der Waals surface area contributed by atoms with Crippen LogP contribution in [-0.2, 0) is 12.8 Å². The maximum absolute atomic E-state index is 5.61. The molecule has 0 aliphatic heterocycles. The summed E-state index contributed by atoms with van der Waals surface area (Å²) in [5.41, 5.74) is 6.04. The highest BCUT2D eigenvalue weighted by molar-refractivity contribution is 4.91. The standard InChI is InChI=1S/C14H27N3O/c1-13(2,3)10-11-16-12(18-17-11)6-7-14(4,5)8-9-15/h6-10,15H2,1-5H3. The third kappa shape index (κ3) is 5.63. The Morgan fingerprint density at radius 1 is 1.11 bits per heavy atom. The molecule has 1 aromatic rings.